The van der Waals surface area contributed by atoms with Crippen LogP contribution in [0.4, 0.5) is 0 Å². The average Bonchev–Trinajstić information content (AvgIpc) is 2.82. The lowest BCUT2D eigenvalue weighted by Gasteiger charge is -2.52. The van der Waals surface area contributed by atoms with Gasteiger partial charge in [0.25, 0.3) is 0 Å². The van der Waals surface area contributed by atoms with Gasteiger partial charge in [-0.2, -0.15) is 0 Å². The van der Waals surface area contributed by atoms with E-state index in [2.05, 4.69) is 20.8 Å². The maximum Gasteiger partial charge on any atom is 0.187 e. The Labute approximate surface area is 234 Å². The second-order valence-corrected chi connectivity index (χ2v) is 12.9. The summed E-state index contributed by atoms with van der Waals surface area (Å²) in [5, 5.41) is 20.5. The number of rotatable bonds is 13. The Morgan fingerprint density at radius 1 is 0.897 bits per heavy atom. The molecule has 232 valence electrons. The maximum absolute atomic E-state index is 10.5. The highest BCUT2D eigenvalue weighted by atomic mass is 16.8. The van der Waals surface area contributed by atoms with Crippen LogP contribution in [-0.4, -0.2) is 125 Å². The molecule has 0 saturated carbocycles. The Balaban J connectivity index is 2.47. The molecule has 2 heterocycles. The van der Waals surface area contributed by atoms with Crippen molar-refractivity contribution in [2.75, 3.05) is 48.3 Å². The first kappa shape index (κ1) is 34.8. The number of hydrogen-bond donors (Lipinski definition) is 2. The average molecular weight is 567 g/mol. The van der Waals surface area contributed by atoms with Crippen LogP contribution in [0.1, 0.15) is 61.3 Å². The molecule has 0 aromatic rings. The van der Waals surface area contributed by atoms with Crippen LogP contribution in [0, 0.1) is 5.41 Å². The molecule has 39 heavy (non-hydrogen) atoms. The Morgan fingerprint density at radius 3 is 2.00 bits per heavy atom. The lowest BCUT2D eigenvalue weighted by atomic mass is 9.77. The zero-order valence-electron chi connectivity index (χ0n) is 25.8. The van der Waals surface area contributed by atoms with Crippen molar-refractivity contribution >= 4 is 0 Å². The first-order chi connectivity index (χ1) is 18.1. The van der Waals surface area contributed by atoms with E-state index < -0.39 is 66.5 Å². The van der Waals surface area contributed by atoms with E-state index in [-0.39, 0.29) is 25.2 Å². The topological polar surface area (TPSA) is 124 Å². The predicted molar refractivity (Wildman–Crippen MR) is 143 cm³/mol. The minimum Gasteiger partial charge on any atom is -0.393 e. The van der Waals surface area contributed by atoms with Crippen molar-refractivity contribution in [2.45, 2.75) is 128 Å². The van der Waals surface area contributed by atoms with Gasteiger partial charge in [-0.1, -0.05) is 20.8 Å². The summed E-state index contributed by atoms with van der Waals surface area (Å²) >= 11 is 0. The van der Waals surface area contributed by atoms with Crippen molar-refractivity contribution in [2.24, 2.45) is 5.41 Å². The maximum atomic E-state index is 10.5. The van der Waals surface area contributed by atoms with Crippen LogP contribution in [0.5, 0.6) is 0 Å². The van der Waals surface area contributed by atoms with Gasteiger partial charge < -0.3 is 52.8 Å². The quantitative estimate of drug-likeness (QED) is 0.341. The van der Waals surface area contributed by atoms with Gasteiger partial charge in [0.15, 0.2) is 12.6 Å². The van der Waals surface area contributed by atoms with E-state index in [1.807, 2.05) is 20.8 Å². The molecule has 2 N–H and O–H groups in total. The monoisotopic (exact) mass is 566 g/mol. The van der Waals surface area contributed by atoms with Crippen LogP contribution in [0.15, 0.2) is 0 Å². The van der Waals surface area contributed by atoms with Gasteiger partial charge in [-0.15, -0.1) is 0 Å². The van der Waals surface area contributed by atoms with Gasteiger partial charge in [0.05, 0.1) is 43.2 Å². The molecule has 11 heteroatoms. The lowest BCUT2D eigenvalue weighted by Crippen LogP contribution is -2.66. The van der Waals surface area contributed by atoms with Gasteiger partial charge in [-0.25, -0.2) is 0 Å². The highest BCUT2D eigenvalue weighted by molar-refractivity contribution is 4.99. The molecule has 2 fully saturated rings. The Morgan fingerprint density at radius 2 is 1.54 bits per heavy atom. The highest BCUT2D eigenvalue weighted by Crippen LogP contribution is 2.42. The smallest absolute Gasteiger partial charge is 0.187 e. The van der Waals surface area contributed by atoms with E-state index in [9.17, 15) is 10.2 Å². The summed E-state index contributed by atoms with van der Waals surface area (Å²) in [6.45, 7) is 13.7. The third-order valence-electron chi connectivity index (χ3n) is 6.77. The lowest BCUT2D eigenvalue weighted by molar-refractivity contribution is -0.379. The van der Waals surface area contributed by atoms with Crippen molar-refractivity contribution in [3.63, 3.8) is 0 Å². The molecule has 0 radical (unpaired) electrons. The van der Waals surface area contributed by atoms with Gasteiger partial charge in [-0.3, -0.25) is 0 Å². The summed E-state index contributed by atoms with van der Waals surface area (Å²) in [7, 11) is 6.33. The molecule has 0 aromatic carbocycles. The molecule has 10 atom stereocenters. The predicted octanol–water partition coefficient (Wildman–Crippen LogP) is 2.28. The van der Waals surface area contributed by atoms with E-state index in [0.29, 0.717) is 12.8 Å². The first-order valence-corrected chi connectivity index (χ1v) is 13.8. The molecular weight excluding hydrogens is 512 g/mol. The molecule has 2 saturated heterocycles. The number of aliphatic hydroxyl groups excluding tert-OH is 2. The molecule has 0 bridgehead atoms. The minimum atomic E-state index is -0.925. The van der Waals surface area contributed by atoms with Crippen LogP contribution in [-0.2, 0) is 42.6 Å². The summed E-state index contributed by atoms with van der Waals surface area (Å²) < 4.78 is 55.0. The van der Waals surface area contributed by atoms with E-state index in [0.717, 1.165) is 0 Å². The Kier molecular flexibility index (Phi) is 13.0. The molecule has 2 aliphatic heterocycles. The molecule has 2 aliphatic rings. The van der Waals surface area contributed by atoms with Crippen molar-refractivity contribution in [1.82, 2.24) is 0 Å². The molecule has 0 aliphatic carbocycles. The third-order valence-corrected chi connectivity index (χ3v) is 6.77. The third kappa shape index (κ3) is 9.82. The normalized spacial score (nSPS) is 37.2. The van der Waals surface area contributed by atoms with Crippen molar-refractivity contribution < 1.29 is 52.8 Å². The molecule has 11 nitrogen and oxygen atoms in total. The standard InChI is InChI=1S/C28H54O11/c1-17(30)13-35-23-22(34-11)20(19(14-31-8)36-25(23)38-27(5,6)7)37-24-21(33-10)18(32-9)12-28(16-29,39-24)15-26(2,3)4/h17-25,29-30H,12-16H2,1-11H3/t17?,18?,19?,20-,21?,22?,23?,24-,25+,28?/m1/s1. The summed E-state index contributed by atoms with van der Waals surface area (Å²) in [4.78, 5) is 0. The first-order valence-electron chi connectivity index (χ1n) is 13.8. The fourth-order valence-electron chi connectivity index (χ4n) is 5.48. The Bertz CT molecular complexity index is 707. The largest absolute Gasteiger partial charge is 0.393 e. The number of hydrogen-bond acceptors (Lipinski definition) is 11. The Hall–Kier alpha value is -0.440. The zero-order chi connectivity index (χ0) is 29.6. The molecule has 0 spiro atoms. The van der Waals surface area contributed by atoms with Crippen LogP contribution in [0.2, 0.25) is 0 Å². The second-order valence-electron chi connectivity index (χ2n) is 12.9. The SMILES string of the molecule is COCC1O[C@@H](OC(C)(C)C)C(OCC(C)O)C(OC)[C@@H]1O[C@@H]1OC(CO)(CC(C)(C)C)CC(OC)C1OC. The number of ether oxygens (including phenoxy) is 9. The van der Waals surface area contributed by atoms with E-state index in [1.54, 1.807) is 35.4 Å². The van der Waals surface area contributed by atoms with E-state index in [4.69, 9.17) is 42.6 Å². The number of methoxy groups -OCH3 is 4. The summed E-state index contributed by atoms with van der Waals surface area (Å²) in [5.41, 5.74) is -1.59. The van der Waals surface area contributed by atoms with Crippen LogP contribution >= 0.6 is 0 Å². The molecule has 7 unspecified atom stereocenters. The zero-order valence-corrected chi connectivity index (χ0v) is 25.8. The summed E-state index contributed by atoms with van der Waals surface area (Å²) in [6, 6.07) is 0. The van der Waals surface area contributed by atoms with Gasteiger partial charge in [0, 0.05) is 34.9 Å². The fourth-order valence-corrected chi connectivity index (χ4v) is 5.48. The molecular formula is C28H54O11. The van der Waals surface area contributed by atoms with Crippen LogP contribution in [0.25, 0.3) is 0 Å². The molecule has 0 aromatic heterocycles. The van der Waals surface area contributed by atoms with Crippen molar-refractivity contribution in [3.8, 4) is 0 Å². The van der Waals surface area contributed by atoms with Gasteiger partial charge in [-0.05, 0) is 39.5 Å². The van der Waals surface area contributed by atoms with E-state index in [1.165, 1.54) is 0 Å². The van der Waals surface area contributed by atoms with E-state index >= 15 is 0 Å². The number of aliphatic hydroxyl groups is 2. The molecule has 2 rings (SSSR count). The van der Waals surface area contributed by atoms with Crippen molar-refractivity contribution in [3.05, 3.63) is 0 Å². The summed E-state index contributed by atoms with van der Waals surface area (Å²) in [6.07, 6.45) is -5.19. The van der Waals surface area contributed by atoms with Crippen molar-refractivity contribution in [1.29, 1.82) is 0 Å². The highest BCUT2D eigenvalue weighted by Gasteiger charge is 2.54. The molecule has 0 amide bonds. The van der Waals surface area contributed by atoms with Crippen LogP contribution in [0.3, 0.4) is 0 Å². The summed E-state index contributed by atoms with van der Waals surface area (Å²) in [5.74, 6) is 0. The minimum absolute atomic E-state index is 0.0468. The van der Waals surface area contributed by atoms with Crippen LogP contribution < -0.4 is 0 Å². The van der Waals surface area contributed by atoms with Gasteiger partial charge in [0.1, 0.15) is 30.5 Å². The van der Waals surface area contributed by atoms with Gasteiger partial charge in [0.2, 0.25) is 0 Å². The second kappa shape index (κ2) is 14.6. The van der Waals surface area contributed by atoms with Gasteiger partial charge >= 0.3 is 0 Å². The fraction of sp³-hybridized carbons (Fsp3) is 1.00.